The summed E-state index contributed by atoms with van der Waals surface area (Å²) in [6, 6.07) is 0. The third-order valence-electron chi connectivity index (χ3n) is 1.43. The van der Waals surface area contributed by atoms with E-state index < -0.39 is 0 Å². The molecule has 0 spiro atoms. The maximum atomic E-state index is 8.36. The average molecular weight is 161 g/mol. The molecule has 0 rings (SSSR count). The van der Waals surface area contributed by atoms with Crippen LogP contribution in [0, 0.1) is 0 Å². The molecule has 0 aliphatic carbocycles. The zero-order valence-corrected chi connectivity index (χ0v) is 7.71. The molecule has 0 saturated carbocycles. The van der Waals surface area contributed by atoms with Crippen molar-refractivity contribution >= 4 is 6.47 Å². The van der Waals surface area contributed by atoms with Gasteiger partial charge >= 0.3 is 0 Å². The molecule has 0 bridgehead atoms. The number of hydrogen-bond donors (Lipinski definition) is 1. The van der Waals surface area contributed by atoms with E-state index in [-0.39, 0.29) is 6.47 Å². The predicted molar refractivity (Wildman–Crippen MR) is 46.8 cm³/mol. The summed E-state index contributed by atoms with van der Waals surface area (Å²) in [5.74, 6) is 0. The maximum absolute atomic E-state index is 8.36. The van der Waals surface area contributed by atoms with Gasteiger partial charge in [0, 0.05) is 0 Å². The van der Waals surface area contributed by atoms with Crippen LogP contribution in [0.4, 0.5) is 0 Å². The summed E-state index contributed by atoms with van der Waals surface area (Å²) in [6.07, 6.45) is 2.65. The molecule has 68 valence electrons. The molecular formula is C8H19NO2. The highest BCUT2D eigenvalue weighted by atomic mass is 16.3. The van der Waals surface area contributed by atoms with Gasteiger partial charge in [-0.2, -0.15) is 0 Å². The summed E-state index contributed by atoms with van der Waals surface area (Å²) in [5, 5.41) is 6.89. The second kappa shape index (κ2) is 12.1. The van der Waals surface area contributed by atoms with E-state index in [9.17, 15) is 0 Å². The largest absolute Gasteiger partial charge is 0.483 e. The molecule has 0 heterocycles. The van der Waals surface area contributed by atoms with Crippen molar-refractivity contribution in [3.8, 4) is 0 Å². The van der Waals surface area contributed by atoms with E-state index in [1.807, 2.05) is 0 Å². The minimum atomic E-state index is -0.250. The molecule has 0 atom stereocenters. The first-order chi connectivity index (χ1) is 5.22. The SMILES string of the molecule is CCCCN(C)CC.O=CO. The Bertz CT molecular complexity index is 76.5. The van der Waals surface area contributed by atoms with Gasteiger partial charge < -0.3 is 10.0 Å². The zero-order chi connectivity index (χ0) is 9.11. The van der Waals surface area contributed by atoms with Gasteiger partial charge in [0.25, 0.3) is 6.47 Å². The summed E-state index contributed by atoms with van der Waals surface area (Å²) in [4.78, 5) is 10.7. The number of nitrogens with zero attached hydrogens (tertiary/aromatic N) is 1. The Kier molecular flexibility index (Phi) is 14.4. The fourth-order valence-electron chi connectivity index (χ4n) is 0.586. The predicted octanol–water partition coefficient (Wildman–Crippen LogP) is 1.44. The van der Waals surface area contributed by atoms with Crippen LogP contribution >= 0.6 is 0 Å². The normalized spacial score (nSPS) is 8.73. The third kappa shape index (κ3) is 17.7. The number of rotatable bonds is 4. The molecule has 0 saturated heterocycles. The number of carboxylic acid groups (broad SMARTS) is 1. The van der Waals surface area contributed by atoms with E-state index in [1.54, 1.807) is 0 Å². The van der Waals surface area contributed by atoms with Crippen molar-refractivity contribution in [1.82, 2.24) is 4.90 Å². The van der Waals surface area contributed by atoms with Gasteiger partial charge in [0.05, 0.1) is 0 Å². The Balaban J connectivity index is 0. The lowest BCUT2D eigenvalue weighted by molar-refractivity contribution is -0.122. The zero-order valence-electron chi connectivity index (χ0n) is 7.71. The summed E-state index contributed by atoms with van der Waals surface area (Å²) in [6.45, 7) is 6.60. The van der Waals surface area contributed by atoms with Gasteiger partial charge in [0.2, 0.25) is 0 Å². The van der Waals surface area contributed by atoms with Crippen LogP contribution in [0.15, 0.2) is 0 Å². The number of carbonyl (C=O) groups is 1. The molecule has 0 aromatic heterocycles. The first-order valence-corrected chi connectivity index (χ1v) is 3.99. The molecule has 0 fully saturated rings. The lowest BCUT2D eigenvalue weighted by Crippen LogP contribution is -2.18. The first kappa shape index (κ1) is 13.1. The molecule has 0 aliphatic heterocycles. The van der Waals surface area contributed by atoms with Crippen LogP contribution in [-0.2, 0) is 4.79 Å². The van der Waals surface area contributed by atoms with Crippen LogP contribution in [0.5, 0.6) is 0 Å². The fraction of sp³-hybridized carbons (Fsp3) is 0.875. The summed E-state index contributed by atoms with van der Waals surface area (Å²) >= 11 is 0. The Labute approximate surface area is 69.0 Å². The summed E-state index contributed by atoms with van der Waals surface area (Å²) in [5.41, 5.74) is 0. The van der Waals surface area contributed by atoms with E-state index in [1.165, 1.54) is 25.9 Å². The molecular weight excluding hydrogens is 142 g/mol. The van der Waals surface area contributed by atoms with Crippen LogP contribution < -0.4 is 0 Å². The molecule has 1 N–H and O–H groups in total. The van der Waals surface area contributed by atoms with Gasteiger partial charge in [0.1, 0.15) is 0 Å². The minimum absolute atomic E-state index is 0.250. The Hall–Kier alpha value is -0.570. The Morgan fingerprint density at radius 2 is 1.91 bits per heavy atom. The van der Waals surface area contributed by atoms with Crippen molar-refractivity contribution in [2.75, 3.05) is 20.1 Å². The second-order valence-corrected chi connectivity index (χ2v) is 2.35. The summed E-state index contributed by atoms with van der Waals surface area (Å²) in [7, 11) is 2.16. The summed E-state index contributed by atoms with van der Waals surface area (Å²) < 4.78 is 0. The van der Waals surface area contributed by atoms with Crippen molar-refractivity contribution < 1.29 is 9.90 Å². The van der Waals surface area contributed by atoms with Gasteiger partial charge in [-0.25, -0.2) is 0 Å². The highest BCUT2D eigenvalue weighted by Gasteiger charge is 1.89. The van der Waals surface area contributed by atoms with Crippen molar-refractivity contribution in [3.63, 3.8) is 0 Å². The van der Waals surface area contributed by atoms with Crippen molar-refractivity contribution in [3.05, 3.63) is 0 Å². The van der Waals surface area contributed by atoms with Gasteiger partial charge in [-0.3, -0.25) is 4.79 Å². The highest BCUT2D eigenvalue weighted by Crippen LogP contribution is 1.89. The molecule has 0 aromatic rings. The third-order valence-corrected chi connectivity index (χ3v) is 1.43. The number of unbranched alkanes of at least 4 members (excludes halogenated alkanes) is 1. The molecule has 0 radical (unpaired) electrons. The quantitative estimate of drug-likeness (QED) is 0.634. The van der Waals surface area contributed by atoms with E-state index >= 15 is 0 Å². The second-order valence-electron chi connectivity index (χ2n) is 2.35. The van der Waals surface area contributed by atoms with E-state index in [0.717, 1.165) is 0 Å². The maximum Gasteiger partial charge on any atom is 0.290 e. The van der Waals surface area contributed by atoms with Crippen molar-refractivity contribution in [1.29, 1.82) is 0 Å². The Morgan fingerprint density at radius 1 is 1.45 bits per heavy atom. The lowest BCUT2D eigenvalue weighted by atomic mass is 10.3. The first-order valence-electron chi connectivity index (χ1n) is 3.99. The van der Waals surface area contributed by atoms with Crippen LogP contribution in [0.25, 0.3) is 0 Å². The molecule has 3 nitrogen and oxygen atoms in total. The van der Waals surface area contributed by atoms with Gasteiger partial charge in [0.15, 0.2) is 0 Å². The van der Waals surface area contributed by atoms with Crippen LogP contribution in [-0.4, -0.2) is 36.6 Å². The molecule has 0 amide bonds. The molecule has 0 unspecified atom stereocenters. The molecule has 3 heteroatoms. The van der Waals surface area contributed by atoms with E-state index in [4.69, 9.17) is 9.90 Å². The highest BCUT2D eigenvalue weighted by molar-refractivity contribution is 5.32. The smallest absolute Gasteiger partial charge is 0.290 e. The van der Waals surface area contributed by atoms with Crippen molar-refractivity contribution in [2.45, 2.75) is 26.7 Å². The van der Waals surface area contributed by atoms with E-state index in [0.29, 0.717) is 0 Å². The van der Waals surface area contributed by atoms with Crippen LogP contribution in [0.3, 0.4) is 0 Å². The Morgan fingerprint density at radius 3 is 2.18 bits per heavy atom. The van der Waals surface area contributed by atoms with Crippen LogP contribution in [0.1, 0.15) is 26.7 Å². The van der Waals surface area contributed by atoms with Crippen LogP contribution in [0.2, 0.25) is 0 Å². The van der Waals surface area contributed by atoms with E-state index in [2.05, 4.69) is 25.8 Å². The molecule has 0 aromatic carbocycles. The fourth-order valence-corrected chi connectivity index (χ4v) is 0.586. The topological polar surface area (TPSA) is 40.5 Å². The van der Waals surface area contributed by atoms with Gasteiger partial charge in [-0.05, 0) is 26.6 Å². The molecule has 0 aliphatic rings. The average Bonchev–Trinajstić information content (AvgIpc) is 2.02. The lowest BCUT2D eigenvalue weighted by Gasteiger charge is -2.11. The van der Waals surface area contributed by atoms with Crippen molar-refractivity contribution in [2.24, 2.45) is 0 Å². The minimum Gasteiger partial charge on any atom is -0.483 e. The molecule has 11 heavy (non-hydrogen) atoms. The monoisotopic (exact) mass is 161 g/mol. The number of hydrogen-bond acceptors (Lipinski definition) is 2. The van der Waals surface area contributed by atoms with Gasteiger partial charge in [-0.1, -0.05) is 20.3 Å². The standard InChI is InChI=1S/C7H17N.CH2O2/c1-4-6-7-8(3)5-2;2-1-3/h4-7H2,1-3H3;1H,(H,2,3). The van der Waals surface area contributed by atoms with Gasteiger partial charge in [-0.15, -0.1) is 0 Å².